The van der Waals surface area contributed by atoms with Crippen LogP contribution in [0.15, 0.2) is 47.4 Å². The zero-order valence-corrected chi connectivity index (χ0v) is 12.5. The highest BCUT2D eigenvalue weighted by Crippen LogP contribution is 2.11. The summed E-state index contributed by atoms with van der Waals surface area (Å²) in [6, 6.07) is 11.3. The van der Waals surface area contributed by atoms with Crippen molar-refractivity contribution in [2.45, 2.75) is 24.9 Å². The van der Waals surface area contributed by atoms with Crippen LogP contribution in [-0.2, 0) is 23.1 Å². The normalized spacial score (nSPS) is 11.6. The van der Waals surface area contributed by atoms with Crippen molar-refractivity contribution >= 4 is 10.0 Å². The summed E-state index contributed by atoms with van der Waals surface area (Å²) in [5.41, 5.74) is 2.51. The molecule has 21 heavy (non-hydrogen) atoms. The van der Waals surface area contributed by atoms with Gasteiger partial charge in [-0.2, -0.15) is 0 Å². The predicted molar refractivity (Wildman–Crippen MR) is 79.5 cm³/mol. The number of hydrogen-bond donors (Lipinski definition) is 2. The van der Waals surface area contributed by atoms with Gasteiger partial charge in [-0.25, -0.2) is 17.9 Å². The molecule has 4 nitrogen and oxygen atoms in total. The summed E-state index contributed by atoms with van der Waals surface area (Å²) >= 11 is 0. The van der Waals surface area contributed by atoms with Gasteiger partial charge in [0, 0.05) is 18.7 Å². The molecule has 0 fully saturated rings. The number of primary sulfonamides is 1. The van der Waals surface area contributed by atoms with Crippen LogP contribution >= 0.6 is 0 Å². The Balaban J connectivity index is 1.96. The summed E-state index contributed by atoms with van der Waals surface area (Å²) in [6.45, 7) is 2.83. The first-order chi connectivity index (χ1) is 9.86. The van der Waals surface area contributed by atoms with Crippen molar-refractivity contribution in [3.05, 3.63) is 65.0 Å². The average Bonchev–Trinajstić information content (AvgIpc) is 2.42. The molecule has 0 atom stereocenters. The Morgan fingerprint density at radius 3 is 2.38 bits per heavy atom. The van der Waals surface area contributed by atoms with E-state index >= 15 is 0 Å². The second-order valence-corrected chi connectivity index (χ2v) is 6.45. The van der Waals surface area contributed by atoms with Gasteiger partial charge in [-0.1, -0.05) is 29.8 Å². The first-order valence-corrected chi connectivity index (χ1v) is 7.98. The van der Waals surface area contributed by atoms with Crippen LogP contribution in [0.1, 0.15) is 16.7 Å². The van der Waals surface area contributed by atoms with E-state index in [0.29, 0.717) is 18.7 Å². The topological polar surface area (TPSA) is 72.2 Å². The molecule has 3 N–H and O–H groups in total. The largest absolute Gasteiger partial charge is 0.309 e. The summed E-state index contributed by atoms with van der Waals surface area (Å²) in [6.07, 6.45) is 0. The first kappa shape index (κ1) is 15.6. The molecular weight excluding hydrogens is 291 g/mol. The lowest BCUT2D eigenvalue weighted by Gasteiger charge is -2.07. The molecule has 2 rings (SSSR count). The fraction of sp³-hybridized carbons (Fsp3) is 0.200. The summed E-state index contributed by atoms with van der Waals surface area (Å²) in [4.78, 5) is 0.0796. The summed E-state index contributed by atoms with van der Waals surface area (Å²) in [7, 11) is -3.66. The molecule has 0 heterocycles. The number of nitrogens with one attached hydrogen (secondary N) is 1. The van der Waals surface area contributed by atoms with Crippen molar-refractivity contribution in [3.63, 3.8) is 0 Å². The minimum absolute atomic E-state index is 0.0796. The number of sulfonamides is 1. The summed E-state index contributed by atoms with van der Waals surface area (Å²) < 4.78 is 35.8. The smallest absolute Gasteiger partial charge is 0.238 e. The minimum atomic E-state index is -3.66. The maximum absolute atomic E-state index is 13.6. The van der Waals surface area contributed by atoms with Crippen molar-refractivity contribution < 1.29 is 12.8 Å². The fourth-order valence-electron chi connectivity index (χ4n) is 1.98. The van der Waals surface area contributed by atoms with Crippen molar-refractivity contribution in [2.75, 3.05) is 0 Å². The highest BCUT2D eigenvalue weighted by atomic mass is 32.2. The van der Waals surface area contributed by atoms with E-state index in [0.717, 1.165) is 11.1 Å². The van der Waals surface area contributed by atoms with Gasteiger partial charge < -0.3 is 5.32 Å². The molecule has 0 amide bonds. The molecule has 0 aliphatic carbocycles. The maximum atomic E-state index is 13.6. The third-order valence-electron chi connectivity index (χ3n) is 3.10. The van der Waals surface area contributed by atoms with E-state index in [1.165, 1.54) is 18.2 Å². The van der Waals surface area contributed by atoms with Gasteiger partial charge in [-0.3, -0.25) is 0 Å². The Labute approximate surface area is 123 Å². The molecule has 0 spiro atoms. The molecule has 0 saturated carbocycles. The standard InChI is InChI=1S/C15H17FN2O2S/c1-11-2-7-15(16)13(8-11)10-18-9-12-3-5-14(6-4-12)21(17,19)20/h2-8,18H,9-10H2,1H3,(H2,17,19,20). The SMILES string of the molecule is Cc1ccc(F)c(CNCc2ccc(S(N)(=O)=O)cc2)c1. The molecule has 112 valence electrons. The molecular formula is C15H17FN2O2S. The van der Waals surface area contributed by atoms with Crippen LogP contribution in [0.25, 0.3) is 0 Å². The number of nitrogens with two attached hydrogens (primary N) is 1. The molecule has 0 radical (unpaired) electrons. The summed E-state index contributed by atoms with van der Waals surface area (Å²) in [5, 5.41) is 8.15. The quantitative estimate of drug-likeness (QED) is 0.888. The van der Waals surface area contributed by atoms with Gasteiger partial charge in [0.2, 0.25) is 10.0 Å². The van der Waals surface area contributed by atoms with Gasteiger partial charge in [0.15, 0.2) is 0 Å². The van der Waals surface area contributed by atoms with Crippen LogP contribution in [0, 0.1) is 12.7 Å². The van der Waals surface area contributed by atoms with Gasteiger partial charge in [0.1, 0.15) is 5.82 Å². The Kier molecular flexibility index (Phi) is 4.72. The first-order valence-electron chi connectivity index (χ1n) is 6.44. The van der Waals surface area contributed by atoms with E-state index in [1.54, 1.807) is 24.3 Å². The van der Waals surface area contributed by atoms with Crippen molar-refractivity contribution in [1.29, 1.82) is 0 Å². The van der Waals surface area contributed by atoms with E-state index in [2.05, 4.69) is 5.32 Å². The van der Waals surface area contributed by atoms with Crippen molar-refractivity contribution in [3.8, 4) is 0 Å². The van der Waals surface area contributed by atoms with Crippen LogP contribution < -0.4 is 10.5 Å². The van der Waals surface area contributed by atoms with Gasteiger partial charge >= 0.3 is 0 Å². The summed E-state index contributed by atoms with van der Waals surface area (Å²) in [5.74, 6) is -0.238. The van der Waals surface area contributed by atoms with E-state index in [4.69, 9.17) is 5.14 Å². The Hall–Kier alpha value is -1.76. The van der Waals surface area contributed by atoms with E-state index in [1.807, 2.05) is 6.92 Å². The molecule has 0 saturated heterocycles. The number of halogens is 1. The van der Waals surface area contributed by atoms with Crippen molar-refractivity contribution in [2.24, 2.45) is 5.14 Å². The Morgan fingerprint density at radius 1 is 1.10 bits per heavy atom. The van der Waals surface area contributed by atoms with Crippen molar-refractivity contribution in [1.82, 2.24) is 5.32 Å². The number of rotatable bonds is 5. The third-order valence-corrected chi connectivity index (χ3v) is 4.03. The second-order valence-electron chi connectivity index (χ2n) is 4.89. The number of hydrogen-bond acceptors (Lipinski definition) is 3. The lowest BCUT2D eigenvalue weighted by Crippen LogP contribution is -2.15. The van der Waals surface area contributed by atoms with Gasteiger partial charge in [-0.05, 0) is 30.7 Å². The molecule has 6 heteroatoms. The predicted octanol–water partition coefficient (Wildman–Crippen LogP) is 2.07. The molecule has 2 aromatic rings. The van der Waals surface area contributed by atoms with E-state index in [-0.39, 0.29) is 10.7 Å². The van der Waals surface area contributed by atoms with Crippen LogP contribution in [0.3, 0.4) is 0 Å². The Bertz CT molecular complexity index is 728. The van der Waals surface area contributed by atoms with Gasteiger partial charge in [0.25, 0.3) is 0 Å². The molecule has 0 aliphatic rings. The van der Waals surface area contributed by atoms with Gasteiger partial charge in [-0.15, -0.1) is 0 Å². The molecule has 2 aromatic carbocycles. The lowest BCUT2D eigenvalue weighted by atomic mass is 10.1. The number of aryl methyl sites for hydroxylation is 1. The van der Waals surface area contributed by atoms with Crippen LogP contribution in [-0.4, -0.2) is 8.42 Å². The molecule has 0 bridgehead atoms. The van der Waals surface area contributed by atoms with E-state index in [9.17, 15) is 12.8 Å². The maximum Gasteiger partial charge on any atom is 0.238 e. The second kappa shape index (κ2) is 6.34. The average molecular weight is 308 g/mol. The third kappa shape index (κ3) is 4.35. The Morgan fingerprint density at radius 2 is 1.76 bits per heavy atom. The van der Waals surface area contributed by atoms with Gasteiger partial charge in [0.05, 0.1) is 4.90 Å². The zero-order valence-electron chi connectivity index (χ0n) is 11.6. The molecule has 0 aliphatic heterocycles. The monoisotopic (exact) mass is 308 g/mol. The minimum Gasteiger partial charge on any atom is -0.309 e. The fourth-order valence-corrected chi connectivity index (χ4v) is 2.49. The van der Waals surface area contributed by atoms with E-state index < -0.39 is 10.0 Å². The highest BCUT2D eigenvalue weighted by Gasteiger charge is 2.07. The van der Waals surface area contributed by atoms with Crippen LogP contribution in [0.2, 0.25) is 0 Å². The zero-order chi connectivity index (χ0) is 15.5. The highest BCUT2D eigenvalue weighted by molar-refractivity contribution is 7.89. The van der Waals surface area contributed by atoms with Crippen LogP contribution in [0.5, 0.6) is 0 Å². The van der Waals surface area contributed by atoms with Crippen LogP contribution in [0.4, 0.5) is 4.39 Å². The number of benzene rings is 2. The molecule has 0 unspecified atom stereocenters. The lowest BCUT2D eigenvalue weighted by molar-refractivity contribution is 0.587. The molecule has 0 aromatic heterocycles.